The molecular formula is C26H24F3N5O2. The lowest BCUT2D eigenvalue weighted by Crippen LogP contribution is -2.26. The Labute approximate surface area is 204 Å². The highest BCUT2D eigenvalue weighted by Crippen LogP contribution is 2.36. The van der Waals surface area contributed by atoms with Crippen molar-refractivity contribution in [1.82, 2.24) is 14.2 Å². The van der Waals surface area contributed by atoms with E-state index in [2.05, 4.69) is 10.4 Å². The van der Waals surface area contributed by atoms with Crippen LogP contribution in [0.25, 0.3) is 16.9 Å². The summed E-state index contributed by atoms with van der Waals surface area (Å²) in [6, 6.07) is 15.8. The third-order valence-electron chi connectivity index (χ3n) is 6.35. The van der Waals surface area contributed by atoms with Crippen molar-refractivity contribution in [2.45, 2.75) is 32.5 Å². The first-order valence-corrected chi connectivity index (χ1v) is 11.6. The van der Waals surface area contributed by atoms with Gasteiger partial charge in [0.1, 0.15) is 12.2 Å². The van der Waals surface area contributed by atoms with Crippen LogP contribution in [0.15, 0.2) is 65.5 Å². The standard InChI is InChI=1S/C26H24F3N5O2/c1-17-13-25(36)34-24(15-20(31-34)18-7-3-2-4-8-18)33(17)16-23(35)30-21-14-19(26(27,28)29)9-10-22(21)32-11-5-6-12-32/h2-4,7-10,13-15H,5-6,11-12,16H2,1H3,(H,30,35). The van der Waals surface area contributed by atoms with Crippen molar-refractivity contribution in [1.29, 1.82) is 0 Å². The van der Waals surface area contributed by atoms with Gasteiger partial charge in [-0.25, -0.2) is 0 Å². The highest BCUT2D eigenvalue weighted by molar-refractivity contribution is 5.95. The number of benzene rings is 2. The Kier molecular flexibility index (Phi) is 6.03. The first-order valence-electron chi connectivity index (χ1n) is 11.6. The molecule has 186 valence electrons. The number of alkyl halides is 3. The Morgan fingerprint density at radius 3 is 2.44 bits per heavy atom. The molecule has 3 heterocycles. The van der Waals surface area contributed by atoms with E-state index >= 15 is 0 Å². The number of nitrogens with zero attached hydrogens (tertiary/aromatic N) is 4. The summed E-state index contributed by atoms with van der Waals surface area (Å²) >= 11 is 0. The van der Waals surface area contributed by atoms with Gasteiger partial charge >= 0.3 is 6.18 Å². The predicted octanol–water partition coefficient (Wildman–Crippen LogP) is 4.73. The summed E-state index contributed by atoms with van der Waals surface area (Å²) in [5, 5.41) is 7.08. The molecule has 0 bridgehead atoms. The van der Waals surface area contributed by atoms with Gasteiger partial charge in [0.2, 0.25) is 5.91 Å². The molecule has 10 heteroatoms. The fourth-order valence-corrected chi connectivity index (χ4v) is 4.56. The second-order valence-electron chi connectivity index (χ2n) is 8.85. The predicted molar refractivity (Wildman–Crippen MR) is 131 cm³/mol. The molecule has 1 aliphatic rings. The van der Waals surface area contributed by atoms with Crippen LogP contribution in [0.4, 0.5) is 24.5 Å². The fourth-order valence-electron chi connectivity index (χ4n) is 4.56. The highest BCUT2D eigenvalue weighted by atomic mass is 19.4. The summed E-state index contributed by atoms with van der Waals surface area (Å²) in [6.07, 6.45) is -2.65. The third kappa shape index (κ3) is 4.58. The first-order chi connectivity index (χ1) is 17.2. The zero-order chi connectivity index (χ0) is 25.4. The summed E-state index contributed by atoms with van der Waals surface area (Å²) in [5.74, 6) is -0.508. The molecule has 2 aromatic heterocycles. The second kappa shape index (κ2) is 9.18. The molecular weight excluding hydrogens is 471 g/mol. The van der Waals surface area contributed by atoms with E-state index in [1.54, 1.807) is 17.6 Å². The van der Waals surface area contributed by atoms with E-state index in [9.17, 15) is 22.8 Å². The molecule has 36 heavy (non-hydrogen) atoms. The molecule has 0 atom stereocenters. The van der Waals surface area contributed by atoms with Crippen LogP contribution in [0.1, 0.15) is 24.1 Å². The quantitative estimate of drug-likeness (QED) is 0.435. The molecule has 4 aromatic rings. The zero-order valence-corrected chi connectivity index (χ0v) is 19.5. The Morgan fingerprint density at radius 2 is 1.75 bits per heavy atom. The molecule has 0 spiro atoms. The highest BCUT2D eigenvalue weighted by Gasteiger charge is 2.32. The Hall–Kier alpha value is -4.08. The zero-order valence-electron chi connectivity index (χ0n) is 19.5. The Bertz CT molecular complexity index is 1490. The van der Waals surface area contributed by atoms with E-state index in [1.165, 1.54) is 16.6 Å². The van der Waals surface area contributed by atoms with Crippen molar-refractivity contribution in [3.05, 3.63) is 82.3 Å². The number of fused-ring (bicyclic) bond motifs is 1. The van der Waals surface area contributed by atoms with Crippen LogP contribution in [0.3, 0.4) is 0 Å². The van der Waals surface area contributed by atoms with E-state index in [4.69, 9.17) is 0 Å². The molecule has 1 fully saturated rings. The third-order valence-corrected chi connectivity index (χ3v) is 6.35. The average Bonchev–Trinajstić information content (AvgIpc) is 3.53. The van der Waals surface area contributed by atoms with Gasteiger partial charge in [0.05, 0.1) is 22.6 Å². The number of amides is 1. The van der Waals surface area contributed by atoms with Crippen LogP contribution in [0.2, 0.25) is 0 Å². The number of rotatable bonds is 5. The van der Waals surface area contributed by atoms with E-state index in [-0.39, 0.29) is 17.8 Å². The minimum Gasteiger partial charge on any atom is -0.370 e. The van der Waals surface area contributed by atoms with Gasteiger partial charge in [0.25, 0.3) is 5.56 Å². The maximum atomic E-state index is 13.4. The fraction of sp³-hybridized carbons (Fsp3) is 0.269. The van der Waals surface area contributed by atoms with Crippen molar-refractivity contribution in [3.63, 3.8) is 0 Å². The number of anilines is 2. The summed E-state index contributed by atoms with van der Waals surface area (Å²) in [4.78, 5) is 27.7. The number of hydrogen-bond acceptors (Lipinski definition) is 4. The number of nitrogens with one attached hydrogen (secondary N) is 1. The van der Waals surface area contributed by atoms with Gasteiger partial charge in [-0.3, -0.25) is 9.59 Å². The van der Waals surface area contributed by atoms with Crippen LogP contribution < -0.4 is 15.8 Å². The Balaban J connectivity index is 1.49. The van der Waals surface area contributed by atoms with E-state index in [0.29, 0.717) is 35.8 Å². The normalized spacial score (nSPS) is 13.9. The van der Waals surface area contributed by atoms with Gasteiger partial charge in [-0.05, 0) is 38.0 Å². The van der Waals surface area contributed by atoms with Crippen LogP contribution >= 0.6 is 0 Å². The van der Waals surface area contributed by atoms with Crippen molar-refractivity contribution >= 4 is 22.9 Å². The Morgan fingerprint density at radius 1 is 1.03 bits per heavy atom. The maximum absolute atomic E-state index is 13.4. The molecule has 1 amide bonds. The largest absolute Gasteiger partial charge is 0.416 e. The minimum atomic E-state index is -4.53. The van der Waals surface area contributed by atoms with Gasteiger partial charge in [0.15, 0.2) is 0 Å². The first kappa shape index (κ1) is 23.7. The van der Waals surface area contributed by atoms with Gasteiger partial charge < -0.3 is 14.8 Å². The maximum Gasteiger partial charge on any atom is 0.416 e. The number of aromatic nitrogens is 3. The van der Waals surface area contributed by atoms with E-state index < -0.39 is 17.6 Å². The second-order valence-corrected chi connectivity index (χ2v) is 8.85. The van der Waals surface area contributed by atoms with Crippen molar-refractivity contribution in [2.75, 3.05) is 23.3 Å². The monoisotopic (exact) mass is 495 g/mol. The van der Waals surface area contributed by atoms with Crippen LogP contribution in [-0.2, 0) is 17.5 Å². The van der Waals surface area contributed by atoms with Gasteiger partial charge in [-0.1, -0.05) is 30.3 Å². The van der Waals surface area contributed by atoms with Crippen molar-refractivity contribution < 1.29 is 18.0 Å². The minimum absolute atomic E-state index is 0.116. The summed E-state index contributed by atoms with van der Waals surface area (Å²) in [7, 11) is 0. The van der Waals surface area contributed by atoms with Gasteiger partial charge in [0, 0.05) is 36.5 Å². The molecule has 1 N–H and O–H groups in total. The number of halogens is 3. The van der Waals surface area contributed by atoms with Crippen molar-refractivity contribution in [3.8, 4) is 11.3 Å². The molecule has 0 radical (unpaired) electrons. The molecule has 7 nitrogen and oxygen atoms in total. The number of carbonyl (C=O) groups excluding carboxylic acids is 1. The summed E-state index contributed by atoms with van der Waals surface area (Å²) in [5.41, 5.74) is 1.84. The summed E-state index contributed by atoms with van der Waals surface area (Å²) in [6.45, 7) is 2.92. The van der Waals surface area contributed by atoms with Crippen LogP contribution in [-0.4, -0.2) is 33.2 Å². The lowest BCUT2D eigenvalue weighted by Gasteiger charge is -2.23. The SMILES string of the molecule is Cc1cc(=O)n2nc(-c3ccccc3)cc2n1CC(=O)Nc1cc(C(F)(F)F)ccc1N1CCCC1. The molecule has 1 aliphatic heterocycles. The number of hydrogen-bond donors (Lipinski definition) is 1. The topological polar surface area (TPSA) is 71.6 Å². The number of carbonyl (C=O) groups is 1. The van der Waals surface area contributed by atoms with Crippen LogP contribution in [0.5, 0.6) is 0 Å². The molecule has 1 saturated heterocycles. The van der Waals surface area contributed by atoms with E-state index in [0.717, 1.165) is 30.5 Å². The molecule has 2 aromatic carbocycles. The van der Waals surface area contributed by atoms with E-state index in [1.807, 2.05) is 35.2 Å². The molecule has 5 rings (SSSR count). The van der Waals surface area contributed by atoms with Crippen molar-refractivity contribution in [2.24, 2.45) is 0 Å². The average molecular weight is 496 g/mol. The molecule has 0 aliphatic carbocycles. The van der Waals surface area contributed by atoms with Gasteiger partial charge in [-0.2, -0.15) is 22.8 Å². The number of aryl methyl sites for hydroxylation is 1. The van der Waals surface area contributed by atoms with Crippen LogP contribution in [0, 0.1) is 6.92 Å². The molecule has 0 saturated carbocycles. The van der Waals surface area contributed by atoms with Gasteiger partial charge in [-0.15, -0.1) is 0 Å². The lowest BCUT2D eigenvalue weighted by atomic mass is 10.1. The smallest absolute Gasteiger partial charge is 0.370 e. The lowest BCUT2D eigenvalue weighted by molar-refractivity contribution is -0.137. The summed E-state index contributed by atoms with van der Waals surface area (Å²) < 4.78 is 43.0. The molecule has 0 unspecified atom stereocenters.